The van der Waals surface area contributed by atoms with Gasteiger partial charge in [0, 0.05) is 63.5 Å². The fraction of sp³-hybridized carbons (Fsp3) is 0.879. The lowest BCUT2D eigenvalue weighted by molar-refractivity contribution is 0.449. The van der Waals surface area contributed by atoms with Crippen molar-refractivity contribution in [3.8, 4) is 0 Å². The number of likely N-dealkylation sites (tertiary alicyclic amines) is 4. The molecule has 0 saturated carbocycles. The highest BCUT2D eigenvalue weighted by atomic mass is 33.2. The van der Waals surface area contributed by atoms with Gasteiger partial charge >= 0.3 is 0 Å². The Morgan fingerprint density at radius 3 is 0.918 bits per heavy atom. The fourth-order valence-corrected chi connectivity index (χ4v) is 23.3. The molecular weight excluding hydrogens is 837 g/mol. The van der Waals surface area contributed by atoms with Crippen LogP contribution in [0.3, 0.4) is 0 Å². The van der Waals surface area contributed by atoms with Crippen molar-refractivity contribution in [1.29, 1.82) is 0 Å². The van der Waals surface area contributed by atoms with Crippen LogP contribution in [0.5, 0.6) is 0 Å². The second-order valence-corrected chi connectivity index (χ2v) is 26.6. The number of nitrogens with zero attached hydrogens (tertiary/aromatic N) is 4. The summed E-state index contributed by atoms with van der Waals surface area (Å²) in [5.74, 6) is 0.962. The zero-order chi connectivity index (χ0) is 35.0. The van der Waals surface area contributed by atoms with E-state index >= 15 is 0 Å². The largest absolute Gasteiger partial charge is 0.357 e. The van der Waals surface area contributed by atoms with Crippen LogP contribution in [0.1, 0.15) is 117 Å². The average Bonchev–Trinajstić information content (AvgIpc) is 3.73. The van der Waals surface area contributed by atoms with Gasteiger partial charge in [-0.05, 0) is 94.5 Å². The van der Waals surface area contributed by atoms with Gasteiger partial charge in [-0.25, -0.2) is 0 Å². The standard InChI is InChI=1S/C33H56N4S12/c1-32(2,27-42-43-28(38)34-19-11-3-4-12-20-34)33(47-44-29(39)35-21-13-5-6-14-22-35,48-45-30(40)36-23-15-7-8-16-24-36)49-46-31(41)37-25-17-9-10-18-26-37/h3-27H2,1-2H3. The van der Waals surface area contributed by atoms with Gasteiger partial charge in [0.25, 0.3) is 0 Å². The summed E-state index contributed by atoms with van der Waals surface area (Å²) in [7, 11) is 15.0. The summed E-state index contributed by atoms with van der Waals surface area (Å²) in [5, 5.41) is 0. The molecule has 280 valence electrons. The smallest absolute Gasteiger partial charge is 0.147 e. The zero-order valence-corrected chi connectivity index (χ0v) is 39.2. The second-order valence-electron chi connectivity index (χ2n) is 14.0. The quantitative estimate of drug-likeness (QED) is 0.117. The summed E-state index contributed by atoms with van der Waals surface area (Å²) in [6.07, 6.45) is 20.4. The van der Waals surface area contributed by atoms with Crippen LogP contribution < -0.4 is 0 Å². The van der Waals surface area contributed by atoms with Crippen molar-refractivity contribution >= 4 is 153 Å². The Balaban J connectivity index is 1.54. The lowest BCUT2D eigenvalue weighted by Crippen LogP contribution is -2.38. The lowest BCUT2D eigenvalue weighted by atomic mass is 9.99. The van der Waals surface area contributed by atoms with E-state index in [4.69, 9.17) is 48.9 Å². The van der Waals surface area contributed by atoms with Crippen molar-refractivity contribution in [2.45, 2.75) is 120 Å². The molecule has 0 amide bonds. The van der Waals surface area contributed by atoms with Gasteiger partial charge in [-0.15, -0.1) is 0 Å². The van der Waals surface area contributed by atoms with Crippen molar-refractivity contribution in [3.05, 3.63) is 0 Å². The molecule has 0 aromatic heterocycles. The number of hydrogen-bond acceptors (Lipinski definition) is 12. The second kappa shape index (κ2) is 24.1. The lowest BCUT2D eigenvalue weighted by Gasteiger charge is -2.44. The SMILES string of the molecule is CC(C)(CSSC(=S)N1CCCCCC1)C(SSC(=S)N1CCCCCC1)(SSC(=S)N1CCCCCC1)SSC(=S)N1CCCCCC1. The zero-order valence-electron chi connectivity index (χ0n) is 29.4. The molecule has 0 bridgehead atoms. The molecule has 4 rings (SSSR count). The third-order valence-corrected chi connectivity index (χ3v) is 26.9. The molecule has 0 aromatic rings. The van der Waals surface area contributed by atoms with Gasteiger partial charge in [0.2, 0.25) is 0 Å². The Bertz CT molecular complexity index is 942. The maximum Gasteiger partial charge on any atom is 0.147 e. The predicted octanol–water partition coefficient (Wildman–Crippen LogP) is 12.8. The molecule has 16 heteroatoms. The van der Waals surface area contributed by atoms with Gasteiger partial charge in [-0.3, -0.25) is 0 Å². The first-order valence-corrected chi connectivity index (χ1v) is 28.6. The molecule has 4 aliphatic heterocycles. The maximum absolute atomic E-state index is 6.17. The molecule has 4 fully saturated rings. The van der Waals surface area contributed by atoms with Crippen molar-refractivity contribution in [3.63, 3.8) is 0 Å². The van der Waals surface area contributed by atoms with Crippen LogP contribution in [-0.4, -0.2) is 98.4 Å². The van der Waals surface area contributed by atoms with Crippen molar-refractivity contribution in [2.24, 2.45) is 5.41 Å². The van der Waals surface area contributed by atoms with E-state index in [-0.39, 0.29) is 8.83 Å². The monoisotopic (exact) mass is 892 g/mol. The first kappa shape index (κ1) is 44.1. The molecule has 0 unspecified atom stereocenters. The Kier molecular flexibility index (Phi) is 21.7. The van der Waals surface area contributed by atoms with Crippen molar-refractivity contribution < 1.29 is 0 Å². The highest BCUT2D eigenvalue weighted by molar-refractivity contribution is 8.99. The van der Waals surface area contributed by atoms with E-state index in [0.717, 1.165) is 75.4 Å². The molecule has 0 spiro atoms. The minimum atomic E-state index is -0.285. The van der Waals surface area contributed by atoms with Gasteiger partial charge in [0.1, 0.15) is 20.7 Å². The van der Waals surface area contributed by atoms with E-state index in [1.165, 1.54) is 103 Å². The summed E-state index contributed by atoms with van der Waals surface area (Å²) >= 11 is 24.5. The van der Waals surface area contributed by atoms with E-state index in [1.54, 1.807) is 0 Å². The third kappa shape index (κ3) is 15.1. The van der Waals surface area contributed by atoms with Crippen molar-refractivity contribution in [2.75, 3.05) is 58.1 Å². The highest BCUT2D eigenvalue weighted by Gasteiger charge is 2.50. The number of hydrogen-bond donors (Lipinski definition) is 0. The number of rotatable bonds is 10. The summed E-state index contributed by atoms with van der Waals surface area (Å²) in [5.41, 5.74) is -0.108. The van der Waals surface area contributed by atoms with Gasteiger partial charge in [0.05, 0.1) is 0 Å². The highest BCUT2D eigenvalue weighted by Crippen LogP contribution is 2.68. The molecule has 0 atom stereocenters. The van der Waals surface area contributed by atoms with Crippen LogP contribution in [0.15, 0.2) is 0 Å². The van der Waals surface area contributed by atoms with Crippen LogP contribution in [0.2, 0.25) is 0 Å². The van der Waals surface area contributed by atoms with Crippen molar-refractivity contribution in [1.82, 2.24) is 19.6 Å². The molecule has 0 radical (unpaired) electrons. The van der Waals surface area contributed by atoms with E-state index in [1.807, 2.05) is 86.4 Å². The maximum atomic E-state index is 6.17. The molecule has 4 aliphatic rings. The molecule has 0 aliphatic carbocycles. The molecule has 49 heavy (non-hydrogen) atoms. The Hall–Kier alpha value is 2.36. The van der Waals surface area contributed by atoms with E-state index in [0.29, 0.717) is 0 Å². The van der Waals surface area contributed by atoms with Gasteiger partial charge < -0.3 is 19.6 Å². The summed E-state index contributed by atoms with van der Waals surface area (Å²) in [6.45, 7) is 13.5. The van der Waals surface area contributed by atoms with Gasteiger partial charge in [-0.1, -0.05) is 157 Å². The number of thiocarbonyl (C=S) groups is 4. The summed E-state index contributed by atoms with van der Waals surface area (Å²) in [4.78, 5) is 9.82. The predicted molar refractivity (Wildman–Crippen MR) is 253 cm³/mol. The van der Waals surface area contributed by atoms with Crippen LogP contribution in [-0.2, 0) is 0 Å². The van der Waals surface area contributed by atoms with E-state index < -0.39 is 0 Å². The molecule has 4 saturated heterocycles. The molecule has 0 aromatic carbocycles. The van der Waals surface area contributed by atoms with Gasteiger partial charge in [-0.2, -0.15) is 0 Å². The van der Waals surface area contributed by atoms with Crippen LogP contribution >= 0.6 is 135 Å². The third-order valence-electron chi connectivity index (χ3n) is 9.50. The Labute approximate surface area is 351 Å². The minimum absolute atomic E-state index is 0.108. The molecule has 4 heterocycles. The molecule has 4 nitrogen and oxygen atoms in total. The van der Waals surface area contributed by atoms with Crippen LogP contribution in [0.25, 0.3) is 0 Å². The minimum Gasteiger partial charge on any atom is -0.357 e. The first-order valence-electron chi connectivity index (χ1n) is 18.2. The van der Waals surface area contributed by atoms with Gasteiger partial charge in [0.15, 0.2) is 0 Å². The Morgan fingerprint density at radius 1 is 0.408 bits per heavy atom. The van der Waals surface area contributed by atoms with E-state index in [9.17, 15) is 0 Å². The first-order chi connectivity index (χ1) is 23.7. The molecular formula is C33H56N4S12. The summed E-state index contributed by atoms with van der Waals surface area (Å²) < 4.78 is 3.84. The normalized spacial score (nSPS) is 20.6. The van der Waals surface area contributed by atoms with Crippen LogP contribution in [0.4, 0.5) is 0 Å². The fourth-order valence-electron chi connectivity index (χ4n) is 6.19. The van der Waals surface area contributed by atoms with E-state index in [2.05, 4.69) is 33.4 Å². The summed E-state index contributed by atoms with van der Waals surface area (Å²) in [6, 6.07) is 0. The van der Waals surface area contributed by atoms with Crippen LogP contribution in [0, 0.1) is 5.41 Å². The topological polar surface area (TPSA) is 13.0 Å². The molecule has 0 N–H and O–H groups in total. The average molecular weight is 894 g/mol. The Morgan fingerprint density at radius 2 is 0.653 bits per heavy atom.